The Bertz CT molecular complexity index is 1020. The molecule has 0 saturated carbocycles. The van der Waals surface area contributed by atoms with Crippen LogP contribution >= 0.6 is 0 Å². The molecule has 3 aromatic carbocycles. The number of benzene rings is 3. The van der Waals surface area contributed by atoms with E-state index in [2.05, 4.69) is 6.07 Å². The third-order valence-corrected chi connectivity index (χ3v) is 5.81. The van der Waals surface area contributed by atoms with Crippen LogP contribution in [-0.2, 0) is 0 Å². The van der Waals surface area contributed by atoms with Crippen LogP contribution in [0.2, 0.25) is 0 Å². The summed E-state index contributed by atoms with van der Waals surface area (Å²) in [4.78, 5) is 0. The molecule has 2 atom stereocenters. The van der Waals surface area contributed by atoms with Gasteiger partial charge in [-0.3, -0.25) is 0 Å². The predicted octanol–water partition coefficient (Wildman–Crippen LogP) is 4.11. The lowest BCUT2D eigenvalue weighted by Gasteiger charge is -2.20. The van der Waals surface area contributed by atoms with E-state index in [1.807, 2.05) is 43.3 Å². The minimum absolute atomic E-state index is 0.125. The van der Waals surface area contributed by atoms with E-state index in [1.54, 1.807) is 0 Å². The molecule has 0 bridgehead atoms. The van der Waals surface area contributed by atoms with Gasteiger partial charge in [-0.15, -0.1) is 0 Å². The number of hydrogen-bond acceptors (Lipinski definition) is 6. The summed E-state index contributed by atoms with van der Waals surface area (Å²) in [5, 5.41) is 42.2. The van der Waals surface area contributed by atoms with Crippen molar-refractivity contribution in [1.29, 1.82) is 0 Å². The number of hydrogen-bond donors (Lipinski definition) is 4. The highest BCUT2D eigenvalue weighted by Crippen LogP contribution is 2.43. The molecule has 6 heteroatoms. The van der Waals surface area contributed by atoms with E-state index in [9.17, 15) is 10.2 Å². The largest absolute Gasteiger partial charge is 0.490 e. The van der Waals surface area contributed by atoms with E-state index in [0.717, 1.165) is 39.9 Å². The van der Waals surface area contributed by atoms with Crippen LogP contribution in [0.4, 0.5) is 0 Å². The SMILES string of the molecule is Cc1ccc2c(OCC(O)CCCCO)c3ccccc3c(OCC(O)CCCCO)c2c1. The maximum absolute atomic E-state index is 10.3. The van der Waals surface area contributed by atoms with Crippen LogP contribution in [-0.4, -0.2) is 59.1 Å². The van der Waals surface area contributed by atoms with E-state index >= 15 is 0 Å². The first-order chi connectivity index (χ1) is 16.0. The van der Waals surface area contributed by atoms with E-state index < -0.39 is 12.2 Å². The van der Waals surface area contributed by atoms with Crippen molar-refractivity contribution >= 4 is 21.5 Å². The van der Waals surface area contributed by atoms with E-state index in [4.69, 9.17) is 19.7 Å². The molecule has 0 aliphatic rings. The van der Waals surface area contributed by atoms with E-state index in [1.165, 1.54) is 0 Å². The maximum Gasteiger partial charge on any atom is 0.135 e. The maximum atomic E-state index is 10.3. The monoisotopic (exact) mass is 456 g/mol. The fraction of sp³-hybridized carbons (Fsp3) is 0.481. The molecule has 4 N–H and O–H groups in total. The molecule has 3 rings (SSSR count). The second-order valence-corrected chi connectivity index (χ2v) is 8.62. The fourth-order valence-corrected chi connectivity index (χ4v) is 4.03. The molecule has 0 fully saturated rings. The summed E-state index contributed by atoms with van der Waals surface area (Å²) in [6.07, 6.45) is 2.75. The highest BCUT2D eigenvalue weighted by Gasteiger charge is 2.18. The lowest BCUT2D eigenvalue weighted by atomic mass is 9.99. The van der Waals surface area contributed by atoms with Crippen molar-refractivity contribution in [3.8, 4) is 11.5 Å². The first-order valence-corrected chi connectivity index (χ1v) is 11.8. The van der Waals surface area contributed by atoms with Gasteiger partial charge in [0.2, 0.25) is 0 Å². The quantitative estimate of drug-likeness (QED) is 0.215. The predicted molar refractivity (Wildman–Crippen MR) is 131 cm³/mol. The normalized spacial score (nSPS) is 13.4. The van der Waals surface area contributed by atoms with Crippen molar-refractivity contribution < 1.29 is 29.9 Å². The average Bonchev–Trinajstić information content (AvgIpc) is 2.81. The molecule has 180 valence electrons. The number of ether oxygens (including phenoxy) is 2. The highest BCUT2D eigenvalue weighted by molar-refractivity contribution is 6.11. The standard InChI is InChI=1S/C27H36O6/c1-19-12-13-24-25(16-19)27(33-18-21(31)9-5-7-15-29)23-11-3-2-10-22(23)26(24)32-17-20(30)8-4-6-14-28/h2-3,10-13,16,20-21,28-31H,4-9,14-15,17-18H2,1H3. The number of aliphatic hydroxyl groups is 4. The van der Waals surface area contributed by atoms with Crippen LogP contribution < -0.4 is 9.47 Å². The van der Waals surface area contributed by atoms with Crippen LogP contribution in [0.1, 0.15) is 44.1 Å². The minimum Gasteiger partial charge on any atom is -0.490 e. The molecule has 0 aliphatic carbocycles. The van der Waals surface area contributed by atoms with Crippen molar-refractivity contribution in [3.05, 3.63) is 48.0 Å². The first kappa shape index (κ1) is 25.2. The Kier molecular flexibility index (Phi) is 9.76. The molecule has 0 amide bonds. The third-order valence-electron chi connectivity index (χ3n) is 5.81. The third kappa shape index (κ3) is 6.81. The first-order valence-electron chi connectivity index (χ1n) is 11.8. The number of aryl methyl sites for hydroxylation is 1. The van der Waals surface area contributed by atoms with Crippen LogP contribution in [0, 0.1) is 6.92 Å². The molecule has 0 heterocycles. The van der Waals surface area contributed by atoms with Gasteiger partial charge in [0.1, 0.15) is 24.7 Å². The zero-order chi connectivity index (χ0) is 23.6. The second kappa shape index (κ2) is 12.8. The Morgan fingerprint density at radius 2 is 1.15 bits per heavy atom. The van der Waals surface area contributed by atoms with Gasteiger partial charge in [-0.1, -0.05) is 42.0 Å². The number of rotatable bonds is 14. The fourth-order valence-electron chi connectivity index (χ4n) is 4.03. The summed E-state index contributed by atoms with van der Waals surface area (Å²) in [6.45, 7) is 2.61. The summed E-state index contributed by atoms with van der Waals surface area (Å²) in [7, 11) is 0. The average molecular weight is 457 g/mol. The highest BCUT2D eigenvalue weighted by atomic mass is 16.5. The molecule has 2 unspecified atom stereocenters. The Balaban J connectivity index is 1.92. The van der Waals surface area contributed by atoms with Gasteiger partial charge in [0.15, 0.2) is 0 Å². The number of fused-ring (bicyclic) bond motifs is 2. The van der Waals surface area contributed by atoms with Crippen molar-refractivity contribution in [2.75, 3.05) is 26.4 Å². The Hall–Kier alpha value is -2.38. The topological polar surface area (TPSA) is 99.4 Å². The van der Waals surface area contributed by atoms with Gasteiger partial charge < -0.3 is 29.9 Å². The zero-order valence-corrected chi connectivity index (χ0v) is 19.4. The minimum atomic E-state index is -0.611. The molecule has 33 heavy (non-hydrogen) atoms. The molecule has 0 aliphatic heterocycles. The van der Waals surface area contributed by atoms with Crippen LogP contribution in [0.5, 0.6) is 11.5 Å². The molecule has 0 spiro atoms. The number of aliphatic hydroxyl groups excluding tert-OH is 4. The second-order valence-electron chi connectivity index (χ2n) is 8.62. The van der Waals surface area contributed by atoms with Gasteiger partial charge in [0, 0.05) is 34.8 Å². The Morgan fingerprint density at radius 1 is 0.667 bits per heavy atom. The summed E-state index contributed by atoms with van der Waals surface area (Å²) in [5.41, 5.74) is 1.08. The van der Waals surface area contributed by atoms with Crippen LogP contribution in [0.25, 0.3) is 21.5 Å². The summed E-state index contributed by atoms with van der Waals surface area (Å²) < 4.78 is 12.4. The van der Waals surface area contributed by atoms with Gasteiger partial charge in [-0.05, 0) is 51.5 Å². The number of unbranched alkanes of at least 4 members (excludes halogenated alkanes) is 2. The van der Waals surface area contributed by atoms with Gasteiger partial charge in [0.25, 0.3) is 0 Å². The van der Waals surface area contributed by atoms with Crippen molar-refractivity contribution in [2.45, 2.75) is 57.7 Å². The van der Waals surface area contributed by atoms with Crippen LogP contribution in [0.3, 0.4) is 0 Å². The van der Waals surface area contributed by atoms with Gasteiger partial charge in [0.05, 0.1) is 12.2 Å². The Morgan fingerprint density at radius 3 is 1.67 bits per heavy atom. The molecule has 6 nitrogen and oxygen atoms in total. The van der Waals surface area contributed by atoms with Gasteiger partial charge in [-0.2, -0.15) is 0 Å². The summed E-state index contributed by atoms with van der Waals surface area (Å²) in [5.74, 6) is 1.42. The molecule has 0 radical (unpaired) electrons. The molecule has 0 aromatic heterocycles. The molecular formula is C27H36O6. The van der Waals surface area contributed by atoms with E-state index in [-0.39, 0.29) is 26.4 Å². The van der Waals surface area contributed by atoms with Crippen LogP contribution in [0.15, 0.2) is 42.5 Å². The van der Waals surface area contributed by atoms with Crippen molar-refractivity contribution in [3.63, 3.8) is 0 Å². The lowest BCUT2D eigenvalue weighted by Crippen LogP contribution is -2.18. The summed E-state index contributed by atoms with van der Waals surface area (Å²) >= 11 is 0. The summed E-state index contributed by atoms with van der Waals surface area (Å²) in [6, 6.07) is 13.9. The zero-order valence-electron chi connectivity index (χ0n) is 19.4. The van der Waals surface area contributed by atoms with Gasteiger partial charge >= 0.3 is 0 Å². The molecule has 3 aromatic rings. The van der Waals surface area contributed by atoms with Crippen molar-refractivity contribution in [2.24, 2.45) is 0 Å². The molecule has 0 saturated heterocycles. The van der Waals surface area contributed by atoms with Crippen molar-refractivity contribution in [1.82, 2.24) is 0 Å². The van der Waals surface area contributed by atoms with E-state index in [0.29, 0.717) is 37.2 Å². The lowest BCUT2D eigenvalue weighted by molar-refractivity contribution is 0.0963. The van der Waals surface area contributed by atoms with Gasteiger partial charge in [-0.25, -0.2) is 0 Å². The smallest absolute Gasteiger partial charge is 0.135 e. The molecular weight excluding hydrogens is 420 g/mol. The Labute approximate surface area is 195 Å².